The van der Waals surface area contributed by atoms with Crippen molar-refractivity contribution in [3.05, 3.63) is 21.9 Å². The number of hydrogen-bond donors (Lipinski definition) is 1. The number of rotatable bonds is 5. The van der Waals surface area contributed by atoms with Gasteiger partial charge >= 0.3 is 12.1 Å². The molecule has 4 heterocycles. The Kier molecular flexibility index (Phi) is 8.11. The molecule has 4 rings (SSSR count). The van der Waals surface area contributed by atoms with Crippen LogP contribution in [0.1, 0.15) is 29.7 Å². The molecule has 1 N–H and O–H groups in total. The van der Waals surface area contributed by atoms with E-state index in [1.165, 1.54) is 48.5 Å². The number of thiophene rings is 1. The third kappa shape index (κ3) is 6.59. The quantitative estimate of drug-likeness (QED) is 0.701. The lowest BCUT2D eigenvalue weighted by molar-refractivity contribution is -0.192. The van der Waals surface area contributed by atoms with Gasteiger partial charge in [0.25, 0.3) is 0 Å². The molecule has 0 saturated carbocycles. The van der Waals surface area contributed by atoms with Crippen LogP contribution >= 0.6 is 23.1 Å². The number of carboxylic acids is 1. The molecule has 5 nitrogen and oxygen atoms in total. The van der Waals surface area contributed by atoms with Crippen molar-refractivity contribution in [3.8, 4) is 0 Å². The van der Waals surface area contributed by atoms with Gasteiger partial charge < -0.3 is 14.6 Å². The van der Waals surface area contributed by atoms with Crippen LogP contribution in [0.15, 0.2) is 11.4 Å². The van der Waals surface area contributed by atoms with E-state index in [1.807, 2.05) is 11.3 Å². The second kappa shape index (κ2) is 10.2. The highest BCUT2D eigenvalue weighted by Gasteiger charge is 2.49. The first-order valence-corrected chi connectivity index (χ1v) is 11.9. The molecule has 3 saturated heterocycles. The lowest BCUT2D eigenvalue weighted by Crippen LogP contribution is -2.58. The molecule has 1 unspecified atom stereocenters. The van der Waals surface area contributed by atoms with Crippen molar-refractivity contribution in [2.24, 2.45) is 5.92 Å². The molecule has 1 spiro atoms. The van der Waals surface area contributed by atoms with Crippen LogP contribution in [0.25, 0.3) is 0 Å². The number of halogens is 3. The Balaban J connectivity index is 0.000000318. The predicted octanol–water partition coefficient (Wildman–Crippen LogP) is 4.19. The Labute approximate surface area is 182 Å². The van der Waals surface area contributed by atoms with Crippen LogP contribution in [-0.4, -0.2) is 71.7 Å². The maximum absolute atomic E-state index is 10.6. The first-order valence-electron chi connectivity index (χ1n) is 10.1. The summed E-state index contributed by atoms with van der Waals surface area (Å²) in [6.45, 7) is 8.65. The van der Waals surface area contributed by atoms with E-state index in [-0.39, 0.29) is 0 Å². The van der Waals surface area contributed by atoms with Crippen LogP contribution < -0.4 is 0 Å². The van der Waals surface area contributed by atoms with Crippen LogP contribution in [0.4, 0.5) is 13.2 Å². The van der Waals surface area contributed by atoms with E-state index in [9.17, 15) is 13.2 Å². The summed E-state index contributed by atoms with van der Waals surface area (Å²) < 4.78 is 43.9. The van der Waals surface area contributed by atoms with Crippen LogP contribution in [0.2, 0.25) is 0 Å². The standard InChI is InChI=1S/C18H27NO2S2.C2HF3O2/c1-14-4-7-22-17(14)9-19-12-18(13-19)8-16(11-23-18)21-10-15-2-5-20-6-3-15;3-2(4,5)1(6)7/h4,7,15-16H,2-3,5-6,8-13H2,1H3;(H,6,7). The number of aliphatic carboxylic acids is 1. The van der Waals surface area contributed by atoms with Gasteiger partial charge in [-0.05, 0) is 49.1 Å². The molecule has 1 atom stereocenters. The van der Waals surface area contributed by atoms with E-state index in [2.05, 4.69) is 35.0 Å². The normalized spacial score (nSPS) is 24.3. The van der Waals surface area contributed by atoms with Gasteiger partial charge in [0.1, 0.15) is 0 Å². The van der Waals surface area contributed by atoms with E-state index < -0.39 is 12.1 Å². The average molecular weight is 468 g/mol. The van der Waals surface area contributed by atoms with Gasteiger partial charge in [-0.3, -0.25) is 4.90 Å². The third-order valence-electron chi connectivity index (χ3n) is 5.69. The Hall–Kier alpha value is -0.810. The second-order valence-electron chi connectivity index (χ2n) is 8.18. The van der Waals surface area contributed by atoms with E-state index in [1.54, 1.807) is 0 Å². The van der Waals surface area contributed by atoms with Crippen LogP contribution in [0.5, 0.6) is 0 Å². The maximum Gasteiger partial charge on any atom is 0.490 e. The summed E-state index contributed by atoms with van der Waals surface area (Å²) >= 11 is 4.06. The summed E-state index contributed by atoms with van der Waals surface area (Å²) in [6.07, 6.45) is -0.993. The van der Waals surface area contributed by atoms with Gasteiger partial charge in [-0.1, -0.05) is 0 Å². The summed E-state index contributed by atoms with van der Waals surface area (Å²) in [5.74, 6) is -0.841. The smallest absolute Gasteiger partial charge is 0.475 e. The molecule has 0 amide bonds. The van der Waals surface area contributed by atoms with Crippen LogP contribution in [0.3, 0.4) is 0 Å². The Morgan fingerprint density at radius 1 is 1.37 bits per heavy atom. The monoisotopic (exact) mass is 467 g/mol. The van der Waals surface area contributed by atoms with Crippen molar-refractivity contribution >= 4 is 29.1 Å². The fraction of sp³-hybridized carbons (Fsp3) is 0.750. The van der Waals surface area contributed by atoms with Crippen molar-refractivity contribution in [2.75, 3.05) is 38.7 Å². The molecule has 0 aromatic carbocycles. The van der Waals surface area contributed by atoms with Gasteiger partial charge in [0.15, 0.2) is 0 Å². The van der Waals surface area contributed by atoms with Crippen LogP contribution in [0, 0.1) is 12.8 Å². The number of hydrogen-bond acceptors (Lipinski definition) is 6. The number of aryl methyl sites for hydroxylation is 1. The lowest BCUT2D eigenvalue weighted by atomic mass is 9.92. The minimum Gasteiger partial charge on any atom is -0.475 e. The van der Waals surface area contributed by atoms with Crippen molar-refractivity contribution in [1.29, 1.82) is 0 Å². The Morgan fingerprint density at radius 2 is 2.03 bits per heavy atom. The molecule has 0 radical (unpaired) electrons. The number of alkyl halides is 3. The topological polar surface area (TPSA) is 59.0 Å². The highest BCUT2D eigenvalue weighted by Crippen LogP contribution is 2.46. The fourth-order valence-electron chi connectivity index (χ4n) is 3.96. The highest BCUT2D eigenvalue weighted by molar-refractivity contribution is 8.01. The molecule has 170 valence electrons. The molecule has 1 aromatic heterocycles. The van der Waals surface area contributed by atoms with E-state index >= 15 is 0 Å². The highest BCUT2D eigenvalue weighted by atomic mass is 32.2. The predicted molar refractivity (Wildman–Crippen MR) is 111 cm³/mol. The lowest BCUT2D eigenvalue weighted by Gasteiger charge is -2.47. The number of carboxylic acid groups (broad SMARTS) is 1. The fourth-order valence-corrected chi connectivity index (χ4v) is 6.52. The minimum atomic E-state index is -5.08. The van der Waals surface area contributed by atoms with Crippen molar-refractivity contribution < 1.29 is 32.5 Å². The molecule has 30 heavy (non-hydrogen) atoms. The molecule has 1 aromatic rings. The maximum atomic E-state index is 10.6. The summed E-state index contributed by atoms with van der Waals surface area (Å²) in [5, 5.41) is 9.34. The summed E-state index contributed by atoms with van der Waals surface area (Å²) in [4.78, 5) is 13.0. The molecule has 3 fully saturated rings. The van der Waals surface area contributed by atoms with E-state index in [0.717, 1.165) is 32.3 Å². The zero-order valence-electron chi connectivity index (χ0n) is 17.0. The van der Waals surface area contributed by atoms with Crippen molar-refractivity contribution in [2.45, 2.75) is 49.8 Å². The number of nitrogens with zero attached hydrogens (tertiary/aromatic N) is 1. The van der Waals surface area contributed by atoms with Crippen molar-refractivity contribution in [1.82, 2.24) is 4.90 Å². The van der Waals surface area contributed by atoms with Gasteiger partial charge in [-0.2, -0.15) is 13.2 Å². The number of carbonyl (C=O) groups is 1. The number of thioether (sulfide) groups is 1. The zero-order chi connectivity index (χ0) is 21.8. The molecule has 3 aliphatic rings. The Morgan fingerprint density at radius 3 is 2.60 bits per heavy atom. The molecule has 3 aliphatic heterocycles. The third-order valence-corrected chi connectivity index (χ3v) is 8.27. The minimum absolute atomic E-state index is 0.480. The van der Waals surface area contributed by atoms with Gasteiger partial charge in [-0.25, -0.2) is 4.79 Å². The number of likely N-dealkylation sites (tertiary alicyclic amines) is 1. The van der Waals surface area contributed by atoms with E-state index in [4.69, 9.17) is 19.4 Å². The van der Waals surface area contributed by atoms with Gasteiger partial charge in [0.2, 0.25) is 0 Å². The summed E-state index contributed by atoms with van der Waals surface area (Å²) in [5.41, 5.74) is 1.45. The molecular formula is C20H28F3NO4S2. The van der Waals surface area contributed by atoms with Gasteiger partial charge in [0, 0.05) is 54.8 Å². The summed E-state index contributed by atoms with van der Waals surface area (Å²) in [6, 6.07) is 2.24. The molecule has 10 heteroatoms. The van der Waals surface area contributed by atoms with Crippen LogP contribution in [-0.2, 0) is 20.8 Å². The Bertz CT molecular complexity index is 700. The van der Waals surface area contributed by atoms with Gasteiger partial charge in [0.05, 0.1) is 6.10 Å². The van der Waals surface area contributed by atoms with Crippen molar-refractivity contribution in [3.63, 3.8) is 0 Å². The first kappa shape index (κ1) is 23.8. The molecule has 0 aliphatic carbocycles. The molecular weight excluding hydrogens is 439 g/mol. The zero-order valence-corrected chi connectivity index (χ0v) is 18.6. The number of ether oxygens (including phenoxy) is 2. The largest absolute Gasteiger partial charge is 0.490 e. The first-order chi connectivity index (χ1) is 14.2. The average Bonchev–Trinajstić information content (AvgIpc) is 3.27. The van der Waals surface area contributed by atoms with Gasteiger partial charge in [-0.15, -0.1) is 23.1 Å². The molecule has 0 bridgehead atoms. The van der Waals surface area contributed by atoms with E-state index in [0.29, 0.717) is 10.9 Å². The SMILES string of the molecule is Cc1ccsc1CN1CC2(CC(OCC3CCOCC3)CS2)C1.O=C(O)C(F)(F)F. The second-order valence-corrected chi connectivity index (χ2v) is 10.7. The summed E-state index contributed by atoms with van der Waals surface area (Å²) in [7, 11) is 0.